The number of anilines is 1. The Bertz CT molecular complexity index is 2200. The van der Waals surface area contributed by atoms with Gasteiger partial charge in [0.05, 0.1) is 37.1 Å². The van der Waals surface area contributed by atoms with Gasteiger partial charge in [0.15, 0.2) is 11.5 Å². The van der Waals surface area contributed by atoms with E-state index in [4.69, 9.17) is 9.47 Å². The first kappa shape index (κ1) is 35.6. The van der Waals surface area contributed by atoms with Gasteiger partial charge in [0.2, 0.25) is 10.0 Å². The Morgan fingerprint density at radius 3 is 2.29 bits per heavy atom. The number of nitrogens with zero attached hydrogens (tertiary/aromatic N) is 3. The molecule has 2 aliphatic rings. The van der Waals surface area contributed by atoms with E-state index in [1.807, 2.05) is 42.5 Å². The van der Waals surface area contributed by atoms with E-state index in [2.05, 4.69) is 45.7 Å². The van der Waals surface area contributed by atoms with Crippen LogP contribution in [-0.4, -0.2) is 77.0 Å². The van der Waals surface area contributed by atoms with Crippen molar-refractivity contribution in [2.24, 2.45) is 0 Å². The van der Waals surface area contributed by atoms with E-state index < -0.39 is 16.1 Å². The summed E-state index contributed by atoms with van der Waals surface area (Å²) >= 11 is 1.38. The number of hydrogen-bond donors (Lipinski definition) is 1. The van der Waals surface area contributed by atoms with Crippen LogP contribution in [0.3, 0.4) is 0 Å². The summed E-state index contributed by atoms with van der Waals surface area (Å²) in [6.45, 7) is 5.40. The van der Waals surface area contributed by atoms with Crippen molar-refractivity contribution in [3.8, 4) is 11.5 Å². The maximum Gasteiger partial charge on any atom is 0.264 e. The number of nitrogens with one attached hydrogen (secondary N) is 1. The van der Waals surface area contributed by atoms with Gasteiger partial charge < -0.3 is 14.4 Å². The quantitative estimate of drug-likeness (QED) is 0.103. The fourth-order valence-corrected chi connectivity index (χ4v) is 9.95. The fourth-order valence-electron chi connectivity index (χ4n) is 7.37. The number of sulfonamides is 1. The molecule has 0 saturated carbocycles. The Kier molecular flexibility index (Phi) is 10.3. The average molecular weight is 739 g/mol. The predicted octanol–water partition coefficient (Wildman–Crippen LogP) is 6.90. The minimum atomic E-state index is -3.79. The van der Waals surface area contributed by atoms with Gasteiger partial charge in [0, 0.05) is 54.2 Å². The molecule has 52 heavy (non-hydrogen) atoms. The number of piperazine rings is 1. The summed E-state index contributed by atoms with van der Waals surface area (Å²) in [5.74, 6) is 0.255. The molecular formula is C40H42N4O6S2. The zero-order valence-corrected chi connectivity index (χ0v) is 31.1. The Labute approximate surface area is 308 Å². The number of carbonyl (C=O) groups is 2. The van der Waals surface area contributed by atoms with Crippen LogP contribution in [0, 0.1) is 0 Å². The molecule has 5 aromatic rings. The van der Waals surface area contributed by atoms with E-state index in [0.29, 0.717) is 59.5 Å². The van der Waals surface area contributed by atoms with Crippen LogP contribution in [0.4, 0.5) is 5.69 Å². The minimum Gasteiger partial charge on any atom is -0.493 e. The zero-order valence-electron chi connectivity index (χ0n) is 29.4. The molecule has 1 fully saturated rings. The molecule has 0 aliphatic carbocycles. The van der Waals surface area contributed by atoms with Crippen molar-refractivity contribution in [2.45, 2.75) is 36.7 Å². The van der Waals surface area contributed by atoms with E-state index in [-0.39, 0.29) is 29.3 Å². The lowest BCUT2D eigenvalue weighted by Gasteiger charge is -2.39. The minimum absolute atomic E-state index is 0.121. The van der Waals surface area contributed by atoms with Crippen LogP contribution in [0.5, 0.6) is 11.5 Å². The molecule has 0 spiro atoms. The lowest BCUT2D eigenvalue weighted by Crippen LogP contribution is -2.47. The van der Waals surface area contributed by atoms with E-state index in [0.717, 1.165) is 23.5 Å². The molecule has 2 aliphatic heterocycles. The fraction of sp³-hybridized carbons (Fsp3) is 0.300. The molecule has 4 aromatic carbocycles. The number of fused-ring (bicyclic) bond motifs is 2. The number of ether oxygens (including phenoxy) is 2. The molecule has 10 nitrogen and oxygen atoms in total. The summed E-state index contributed by atoms with van der Waals surface area (Å²) in [5, 5.41) is 2.33. The Morgan fingerprint density at radius 2 is 1.54 bits per heavy atom. The number of carbonyl (C=O) groups excluding carboxylic acids is 2. The lowest BCUT2D eigenvalue weighted by atomic mass is 9.99. The van der Waals surface area contributed by atoms with Crippen LogP contribution in [0.2, 0.25) is 0 Å². The van der Waals surface area contributed by atoms with Crippen molar-refractivity contribution in [3.63, 3.8) is 0 Å². The van der Waals surface area contributed by atoms with Crippen molar-refractivity contribution < 1.29 is 27.5 Å². The van der Waals surface area contributed by atoms with Crippen molar-refractivity contribution in [2.75, 3.05) is 51.8 Å². The number of imide groups is 1. The standard InChI is InChI=1S/C40H42N4O6S2/c1-27(28-11-5-4-6-12-28)42-21-23-43(24-22-42)33-15-9-14-31-38(33)40(46)44(39(31)45)32(29-18-19-34(49-2)35(25-29)50-3)16-10-20-41-52(47,48)37-26-51-36-17-8-7-13-30(36)37/h4-9,11-15,17-19,25-27,32,41H,10,16,20-24H2,1-3H3/t27-,32?/m1/s1. The number of hydrogen-bond acceptors (Lipinski definition) is 9. The van der Waals surface area contributed by atoms with Gasteiger partial charge >= 0.3 is 0 Å². The number of methoxy groups -OCH3 is 2. The normalized spacial score (nSPS) is 16.3. The number of benzene rings is 4. The third-order valence-electron chi connectivity index (χ3n) is 10.2. The van der Waals surface area contributed by atoms with Crippen LogP contribution in [0.15, 0.2) is 101 Å². The van der Waals surface area contributed by atoms with Crippen LogP contribution >= 0.6 is 11.3 Å². The van der Waals surface area contributed by atoms with Gasteiger partial charge in [0.25, 0.3) is 11.8 Å². The molecule has 1 unspecified atom stereocenters. The summed E-state index contributed by atoms with van der Waals surface area (Å²) in [6, 6.07) is 28.3. The third-order valence-corrected chi connectivity index (χ3v) is 12.8. The summed E-state index contributed by atoms with van der Waals surface area (Å²) in [5.41, 5.74) is 3.49. The van der Waals surface area contributed by atoms with Gasteiger partial charge in [-0.05, 0) is 61.2 Å². The summed E-state index contributed by atoms with van der Waals surface area (Å²) in [7, 11) is -0.703. The smallest absolute Gasteiger partial charge is 0.264 e. The van der Waals surface area contributed by atoms with Crippen molar-refractivity contribution in [1.82, 2.24) is 14.5 Å². The third kappa shape index (κ3) is 6.79. The lowest BCUT2D eigenvalue weighted by molar-refractivity contribution is 0.0572. The topological polar surface area (TPSA) is 108 Å². The molecule has 3 heterocycles. The van der Waals surface area contributed by atoms with Crippen LogP contribution in [-0.2, 0) is 10.0 Å². The number of amides is 2. The zero-order chi connectivity index (χ0) is 36.4. The van der Waals surface area contributed by atoms with Crippen LogP contribution in [0.1, 0.15) is 63.7 Å². The first-order chi connectivity index (χ1) is 25.2. The van der Waals surface area contributed by atoms with Gasteiger partial charge in [-0.15, -0.1) is 11.3 Å². The molecule has 2 atom stereocenters. The number of thiophene rings is 1. The Morgan fingerprint density at radius 1 is 0.808 bits per heavy atom. The SMILES string of the molecule is COc1ccc(C(CCCNS(=O)(=O)c2csc3ccccc23)N2C(=O)c3cccc(N4CCN([C@H](C)c5ccccc5)CC4)c3C2=O)cc1OC. The molecule has 1 N–H and O–H groups in total. The van der Waals surface area contributed by atoms with Crippen molar-refractivity contribution in [1.29, 1.82) is 0 Å². The van der Waals surface area contributed by atoms with E-state index in [9.17, 15) is 18.0 Å². The monoisotopic (exact) mass is 738 g/mol. The first-order valence-corrected chi connectivity index (χ1v) is 19.8. The van der Waals surface area contributed by atoms with Crippen molar-refractivity contribution >= 4 is 48.9 Å². The van der Waals surface area contributed by atoms with E-state index in [1.54, 1.807) is 36.8 Å². The molecule has 0 bridgehead atoms. The van der Waals surface area contributed by atoms with Gasteiger partial charge in [-0.1, -0.05) is 60.7 Å². The van der Waals surface area contributed by atoms with Gasteiger partial charge in [-0.25, -0.2) is 13.1 Å². The van der Waals surface area contributed by atoms with E-state index in [1.165, 1.54) is 28.9 Å². The second-order valence-electron chi connectivity index (χ2n) is 13.1. The predicted molar refractivity (Wildman–Crippen MR) is 204 cm³/mol. The average Bonchev–Trinajstić information content (AvgIpc) is 3.74. The number of rotatable bonds is 13. The second-order valence-corrected chi connectivity index (χ2v) is 15.7. The van der Waals surface area contributed by atoms with Crippen LogP contribution < -0.4 is 19.1 Å². The highest BCUT2D eigenvalue weighted by Crippen LogP contribution is 2.41. The van der Waals surface area contributed by atoms with Crippen molar-refractivity contribution in [3.05, 3.63) is 119 Å². The van der Waals surface area contributed by atoms with Gasteiger partial charge in [-0.3, -0.25) is 19.4 Å². The molecule has 1 saturated heterocycles. The molecule has 2 amide bonds. The summed E-state index contributed by atoms with van der Waals surface area (Å²) in [6.07, 6.45) is 0.682. The highest BCUT2D eigenvalue weighted by atomic mass is 32.2. The molecule has 270 valence electrons. The van der Waals surface area contributed by atoms with E-state index >= 15 is 0 Å². The maximum atomic E-state index is 14.5. The first-order valence-electron chi connectivity index (χ1n) is 17.4. The van der Waals surface area contributed by atoms with Crippen LogP contribution in [0.25, 0.3) is 10.1 Å². The Balaban J connectivity index is 1.12. The molecule has 12 heteroatoms. The van der Waals surface area contributed by atoms with Gasteiger partial charge in [-0.2, -0.15) is 0 Å². The van der Waals surface area contributed by atoms with Gasteiger partial charge in [0.1, 0.15) is 4.90 Å². The highest BCUT2D eigenvalue weighted by Gasteiger charge is 2.43. The second kappa shape index (κ2) is 15.1. The molecular weight excluding hydrogens is 697 g/mol. The highest BCUT2D eigenvalue weighted by molar-refractivity contribution is 7.90. The Hall–Kier alpha value is -4.75. The molecule has 0 radical (unpaired) electrons. The largest absolute Gasteiger partial charge is 0.493 e. The summed E-state index contributed by atoms with van der Waals surface area (Å²) < 4.78 is 41.4. The molecule has 7 rings (SSSR count). The molecule has 1 aromatic heterocycles. The maximum absolute atomic E-state index is 14.5. The summed E-state index contributed by atoms with van der Waals surface area (Å²) in [4.78, 5) is 34.9.